The minimum atomic E-state index is 0.780. The fourth-order valence-electron chi connectivity index (χ4n) is 3.83. The van der Waals surface area contributed by atoms with E-state index in [0.717, 1.165) is 17.9 Å². The zero-order valence-electron chi connectivity index (χ0n) is 13.4. The van der Waals surface area contributed by atoms with Crippen LogP contribution in [0.5, 0.6) is 0 Å². The van der Waals surface area contributed by atoms with Gasteiger partial charge in [-0.1, -0.05) is 33.1 Å². The molecule has 0 aromatic carbocycles. The van der Waals surface area contributed by atoms with E-state index < -0.39 is 0 Å². The van der Waals surface area contributed by atoms with Crippen LogP contribution in [0, 0.1) is 11.8 Å². The summed E-state index contributed by atoms with van der Waals surface area (Å²) in [4.78, 5) is 5.40. The predicted molar refractivity (Wildman–Crippen MR) is 83.5 cm³/mol. The van der Waals surface area contributed by atoms with Gasteiger partial charge in [0.2, 0.25) is 0 Å². The number of hydrogen-bond donors (Lipinski definition) is 0. The van der Waals surface area contributed by atoms with Crippen LogP contribution in [-0.2, 0) is 0 Å². The van der Waals surface area contributed by atoms with Gasteiger partial charge in [0.1, 0.15) is 0 Å². The van der Waals surface area contributed by atoms with Crippen molar-refractivity contribution in [1.29, 1.82) is 0 Å². The second-order valence-electron chi connectivity index (χ2n) is 6.89. The molecule has 2 nitrogen and oxygen atoms in total. The summed E-state index contributed by atoms with van der Waals surface area (Å²) in [5.41, 5.74) is 0. The molecular formula is C17H34N2. The molecule has 1 saturated carbocycles. The molecule has 0 bridgehead atoms. The lowest BCUT2D eigenvalue weighted by Gasteiger charge is -2.40. The lowest BCUT2D eigenvalue weighted by Crippen LogP contribution is -2.50. The summed E-state index contributed by atoms with van der Waals surface area (Å²) in [5, 5.41) is 0. The number of nitrogens with zero attached hydrogens (tertiary/aromatic N) is 2. The third kappa shape index (κ3) is 4.46. The van der Waals surface area contributed by atoms with Crippen LogP contribution in [0.3, 0.4) is 0 Å². The largest absolute Gasteiger partial charge is 0.301 e. The molecule has 0 spiro atoms. The molecule has 19 heavy (non-hydrogen) atoms. The molecule has 0 radical (unpaired) electrons. The van der Waals surface area contributed by atoms with Crippen molar-refractivity contribution in [3.05, 3.63) is 0 Å². The van der Waals surface area contributed by atoms with E-state index in [4.69, 9.17) is 0 Å². The van der Waals surface area contributed by atoms with Gasteiger partial charge in [-0.2, -0.15) is 0 Å². The fraction of sp³-hybridized carbons (Fsp3) is 1.00. The van der Waals surface area contributed by atoms with Crippen LogP contribution in [-0.4, -0.2) is 48.6 Å². The van der Waals surface area contributed by atoms with Gasteiger partial charge in [0, 0.05) is 38.8 Å². The van der Waals surface area contributed by atoms with E-state index in [1.807, 2.05) is 0 Å². The van der Waals surface area contributed by atoms with Crippen molar-refractivity contribution < 1.29 is 0 Å². The molecule has 1 atom stereocenters. The zero-order valence-corrected chi connectivity index (χ0v) is 13.4. The van der Waals surface area contributed by atoms with Gasteiger partial charge < -0.3 is 4.90 Å². The Morgan fingerprint density at radius 3 is 2.00 bits per heavy atom. The van der Waals surface area contributed by atoms with Gasteiger partial charge in [0.05, 0.1) is 0 Å². The van der Waals surface area contributed by atoms with Gasteiger partial charge in [-0.3, -0.25) is 4.90 Å². The summed E-state index contributed by atoms with van der Waals surface area (Å²) in [5.74, 6) is 2.04. The molecule has 0 aromatic rings. The maximum absolute atomic E-state index is 2.73. The molecule has 1 saturated heterocycles. The van der Waals surface area contributed by atoms with E-state index in [1.54, 1.807) is 0 Å². The highest BCUT2D eigenvalue weighted by Crippen LogP contribution is 2.31. The maximum Gasteiger partial charge on any atom is 0.0113 e. The molecule has 0 amide bonds. The summed E-state index contributed by atoms with van der Waals surface area (Å²) in [7, 11) is 0. The van der Waals surface area contributed by atoms with Crippen molar-refractivity contribution in [1.82, 2.24) is 9.80 Å². The van der Waals surface area contributed by atoms with E-state index in [-0.39, 0.29) is 0 Å². The quantitative estimate of drug-likeness (QED) is 0.750. The molecule has 1 unspecified atom stereocenters. The SMILES string of the molecule is CCC1CCC(CN2CCN(C(C)CC)CC2)CC1. The second-order valence-corrected chi connectivity index (χ2v) is 6.89. The Hall–Kier alpha value is -0.0800. The van der Waals surface area contributed by atoms with Crippen molar-refractivity contribution in [3.63, 3.8) is 0 Å². The van der Waals surface area contributed by atoms with Gasteiger partial charge in [0.15, 0.2) is 0 Å². The lowest BCUT2D eigenvalue weighted by molar-refractivity contribution is 0.0814. The third-order valence-corrected chi connectivity index (χ3v) is 5.68. The van der Waals surface area contributed by atoms with Gasteiger partial charge in [-0.05, 0) is 38.0 Å². The first-order valence-corrected chi connectivity index (χ1v) is 8.69. The number of piperazine rings is 1. The van der Waals surface area contributed by atoms with Gasteiger partial charge in [0.25, 0.3) is 0 Å². The number of rotatable bonds is 5. The first-order chi connectivity index (χ1) is 9.22. The van der Waals surface area contributed by atoms with Crippen LogP contribution in [0.25, 0.3) is 0 Å². The molecular weight excluding hydrogens is 232 g/mol. The zero-order chi connectivity index (χ0) is 13.7. The van der Waals surface area contributed by atoms with Crippen molar-refractivity contribution in [2.24, 2.45) is 11.8 Å². The number of hydrogen-bond acceptors (Lipinski definition) is 2. The maximum atomic E-state index is 2.73. The normalized spacial score (nSPS) is 32.4. The highest BCUT2D eigenvalue weighted by molar-refractivity contribution is 4.79. The lowest BCUT2D eigenvalue weighted by atomic mass is 9.80. The Morgan fingerprint density at radius 1 is 0.895 bits per heavy atom. The van der Waals surface area contributed by atoms with Crippen LogP contribution < -0.4 is 0 Å². The average molecular weight is 266 g/mol. The molecule has 1 aliphatic carbocycles. The standard InChI is InChI=1S/C17H34N2/c1-4-15(3)19-12-10-18(11-13-19)14-17-8-6-16(5-2)7-9-17/h15-17H,4-14H2,1-3H3. The molecule has 2 aliphatic rings. The fourth-order valence-corrected chi connectivity index (χ4v) is 3.83. The van der Waals surface area contributed by atoms with Crippen molar-refractivity contribution in [2.45, 2.75) is 65.3 Å². The van der Waals surface area contributed by atoms with Crippen molar-refractivity contribution >= 4 is 0 Å². The smallest absolute Gasteiger partial charge is 0.0113 e. The molecule has 2 fully saturated rings. The Bertz CT molecular complexity index is 238. The minimum Gasteiger partial charge on any atom is -0.301 e. The average Bonchev–Trinajstić information content (AvgIpc) is 2.48. The van der Waals surface area contributed by atoms with E-state index in [1.165, 1.54) is 71.2 Å². The van der Waals surface area contributed by atoms with Crippen LogP contribution in [0.4, 0.5) is 0 Å². The second kappa shape index (κ2) is 7.64. The Morgan fingerprint density at radius 2 is 1.47 bits per heavy atom. The first kappa shape index (κ1) is 15.3. The summed E-state index contributed by atoms with van der Waals surface area (Å²) in [6.45, 7) is 13.6. The monoisotopic (exact) mass is 266 g/mol. The molecule has 2 heteroatoms. The van der Waals surface area contributed by atoms with Crippen molar-refractivity contribution in [2.75, 3.05) is 32.7 Å². The molecule has 1 heterocycles. The van der Waals surface area contributed by atoms with E-state index in [0.29, 0.717) is 0 Å². The summed E-state index contributed by atoms with van der Waals surface area (Å²) in [6.07, 6.45) is 8.66. The Balaban J connectivity index is 1.66. The van der Waals surface area contributed by atoms with Gasteiger partial charge in [-0.25, -0.2) is 0 Å². The Labute approximate surface area is 120 Å². The van der Waals surface area contributed by atoms with Gasteiger partial charge >= 0.3 is 0 Å². The topological polar surface area (TPSA) is 6.48 Å². The van der Waals surface area contributed by atoms with Crippen LogP contribution in [0.1, 0.15) is 59.3 Å². The molecule has 0 aromatic heterocycles. The van der Waals surface area contributed by atoms with Crippen LogP contribution in [0.15, 0.2) is 0 Å². The third-order valence-electron chi connectivity index (χ3n) is 5.68. The summed E-state index contributed by atoms with van der Waals surface area (Å²) >= 11 is 0. The summed E-state index contributed by atoms with van der Waals surface area (Å²) < 4.78 is 0. The molecule has 2 rings (SSSR count). The molecule has 0 N–H and O–H groups in total. The van der Waals surface area contributed by atoms with E-state index in [2.05, 4.69) is 30.6 Å². The highest BCUT2D eigenvalue weighted by atomic mass is 15.3. The van der Waals surface area contributed by atoms with Crippen molar-refractivity contribution in [3.8, 4) is 0 Å². The van der Waals surface area contributed by atoms with Crippen LogP contribution >= 0.6 is 0 Å². The first-order valence-electron chi connectivity index (χ1n) is 8.69. The van der Waals surface area contributed by atoms with Gasteiger partial charge in [-0.15, -0.1) is 0 Å². The van der Waals surface area contributed by atoms with E-state index in [9.17, 15) is 0 Å². The Kier molecular flexibility index (Phi) is 6.15. The predicted octanol–water partition coefficient (Wildman–Crippen LogP) is 3.62. The van der Waals surface area contributed by atoms with E-state index >= 15 is 0 Å². The molecule has 1 aliphatic heterocycles. The highest BCUT2D eigenvalue weighted by Gasteiger charge is 2.25. The molecule has 112 valence electrons. The summed E-state index contributed by atoms with van der Waals surface area (Å²) in [6, 6.07) is 0.780. The minimum absolute atomic E-state index is 0.780. The van der Waals surface area contributed by atoms with Crippen LogP contribution in [0.2, 0.25) is 0 Å².